The third-order valence-corrected chi connectivity index (χ3v) is 3.99. The van der Waals surface area contributed by atoms with E-state index >= 15 is 0 Å². The van der Waals surface area contributed by atoms with Crippen LogP contribution >= 0.6 is 0 Å². The van der Waals surface area contributed by atoms with Gasteiger partial charge in [0.1, 0.15) is 0 Å². The molecule has 1 aliphatic heterocycles. The second kappa shape index (κ2) is 5.85. The Kier molecular flexibility index (Phi) is 4.41. The Hall–Kier alpha value is -0.860. The van der Waals surface area contributed by atoms with Crippen LogP contribution in [-0.4, -0.2) is 29.2 Å². The second-order valence-corrected chi connectivity index (χ2v) is 5.76. The van der Waals surface area contributed by atoms with Crippen LogP contribution in [0, 0.1) is 19.8 Å². The smallest absolute Gasteiger partial charge is 0.0592 e. The van der Waals surface area contributed by atoms with Gasteiger partial charge in [0.05, 0.1) is 6.10 Å². The zero-order chi connectivity index (χ0) is 13.1. The minimum Gasteiger partial charge on any atom is -0.393 e. The molecular weight excluding hydrogens is 222 g/mol. The Bertz CT molecular complexity index is 382. The fourth-order valence-corrected chi connectivity index (χ4v) is 3.06. The summed E-state index contributed by atoms with van der Waals surface area (Å²) in [4.78, 5) is 2.48. The van der Waals surface area contributed by atoms with Gasteiger partial charge in [0, 0.05) is 19.6 Å². The first kappa shape index (κ1) is 13.6. The maximum absolute atomic E-state index is 9.91. The number of benzene rings is 1. The van der Waals surface area contributed by atoms with Crippen LogP contribution in [0.4, 0.5) is 0 Å². The van der Waals surface area contributed by atoms with Crippen molar-refractivity contribution in [3.63, 3.8) is 0 Å². The largest absolute Gasteiger partial charge is 0.393 e. The molecule has 2 nitrogen and oxygen atoms in total. The molecule has 2 rings (SSSR count). The first-order valence-corrected chi connectivity index (χ1v) is 7.06. The predicted octanol–water partition coefficient (Wildman–Crippen LogP) is 2.90. The lowest BCUT2D eigenvalue weighted by Crippen LogP contribution is -2.42. The van der Waals surface area contributed by atoms with E-state index < -0.39 is 0 Å². The number of likely N-dealkylation sites (tertiary alicyclic amines) is 1. The first-order valence-electron chi connectivity index (χ1n) is 7.06. The highest BCUT2D eigenvalue weighted by Crippen LogP contribution is 2.22. The molecule has 100 valence electrons. The molecule has 2 heteroatoms. The van der Waals surface area contributed by atoms with Gasteiger partial charge in [-0.3, -0.25) is 4.90 Å². The number of aliphatic hydroxyl groups is 1. The summed E-state index contributed by atoms with van der Waals surface area (Å²) in [5, 5.41) is 9.91. The number of aliphatic hydroxyl groups excluding tert-OH is 1. The van der Waals surface area contributed by atoms with E-state index in [4.69, 9.17) is 0 Å². The Morgan fingerprint density at radius 1 is 1.22 bits per heavy atom. The summed E-state index contributed by atoms with van der Waals surface area (Å²) in [6.07, 6.45) is 1.90. The number of hydrogen-bond acceptors (Lipinski definition) is 2. The van der Waals surface area contributed by atoms with Crippen LogP contribution in [0.5, 0.6) is 0 Å². The summed E-state index contributed by atoms with van der Waals surface area (Å²) in [6, 6.07) is 6.77. The Morgan fingerprint density at radius 2 is 1.89 bits per heavy atom. The maximum Gasteiger partial charge on any atom is 0.0592 e. The van der Waals surface area contributed by atoms with Gasteiger partial charge in [-0.25, -0.2) is 0 Å². The number of piperidine rings is 1. The van der Waals surface area contributed by atoms with E-state index in [-0.39, 0.29) is 6.10 Å². The van der Waals surface area contributed by atoms with E-state index in [2.05, 4.69) is 43.9 Å². The van der Waals surface area contributed by atoms with Crippen LogP contribution in [0.1, 0.15) is 36.5 Å². The number of rotatable bonds is 3. The quantitative estimate of drug-likeness (QED) is 0.888. The predicted molar refractivity (Wildman–Crippen MR) is 75.6 cm³/mol. The van der Waals surface area contributed by atoms with E-state index in [1.807, 2.05) is 0 Å². The van der Waals surface area contributed by atoms with Crippen molar-refractivity contribution in [2.45, 2.75) is 46.3 Å². The van der Waals surface area contributed by atoms with E-state index in [0.717, 1.165) is 32.5 Å². The summed E-state index contributed by atoms with van der Waals surface area (Å²) >= 11 is 0. The van der Waals surface area contributed by atoms with Crippen molar-refractivity contribution in [3.05, 3.63) is 34.9 Å². The summed E-state index contributed by atoms with van der Waals surface area (Å²) in [6.45, 7) is 9.56. The molecule has 0 spiro atoms. The van der Waals surface area contributed by atoms with Gasteiger partial charge in [-0.15, -0.1) is 0 Å². The van der Waals surface area contributed by atoms with Gasteiger partial charge in [0.2, 0.25) is 0 Å². The topological polar surface area (TPSA) is 23.5 Å². The highest BCUT2D eigenvalue weighted by atomic mass is 16.3. The normalized spacial score (nSPS) is 25.3. The molecule has 2 atom stereocenters. The Morgan fingerprint density at radius 3 is 2.50 bits per heavy atom. The molecule has 1 aromatic rings. The van der Waals surface area contributed by atoms with Crippen molar-refractivity contribution in [2.75, 3.05) is 13.1 Å². The molecule has 0 aromatic heterocycles. The fraction of sp³-hybridized carbons (Fsp3) is 0.625. The Labute approximate surface area is 111 Å². The van der Waals surface area contributed by atoms with E-state index in [1.54, 1.807) is 0 Å². The van der Waals surface area contributed by atoms with Gasteiger partial charge in [-0.05, 0) is 38.2 Å². The van der Waals surface area contributed by atoms with Crippen molar-refractivity contribution in [2.24, 2.45) is 5.92 Å². The molecule has 1 saturated heterocycles. The Balaban J connectivity index is 2.01. The lowest BCUT2D eigenvalue weighted by Gasteiger charge is -2.35. The van der Waals surface area contributed by atoms with Crippen LogP contribution in [0.3, 0.4) is 0 Å². The zero-order valence-corrected chi connectivity index (χ0v) is 11.8. The number of nitrogens with zero attached hydrogens (tertiary/aromatic N) is 1. The summed E-state index contributed by atoms with van der Waals surface area (Å²) in [7, 11) is 0. The molecule has 0 radical (unpaired) electrons. The highest BCUT2D eigenvalue weighted by molar-refractivity contribution is 5.28. The molecule has 0 saturated carbocycles. The van der Waals surface area contributed by atoms with Crippen molar-refractivity contribution in [3.8, 4) is 0 Å². The van der Waals surface area contributed by atoms with Crippen LogP contribution < -0.4 is 0 Å². The molecule has 1 aliphatic rings. The molecule has 1 heterocycles. The van der Waals surface area contributed by atoms with Gasteiger partial charge in [-0.2, -0.15) is 0 Å². The van der Waals surface area contributed by atoms with E-state index in [0.29, 0.717) is 5.92 Å². The molecule has 0 amide bonds. The zero-order valence-electron chi connectivity index (χ0n) is 11.8. The third-order valence-electron chi connectivity index (χ3n) is 3.99. The van der Waals surface area contributed by atoms with Crippen molar-refractivity contribution >= 4 is 0 Å². The van der Waals surface area contributed by atoms with Crippen LogP contribution in [0.25, 0.3) is 0 Å². The van der Waals surface area contributed by atoms with Crippen molar-refractivity contribution in [1.82, 2.24) is 4.90 Å². The third kappa shape index (κ3) is 3.33. The van der Waals surface area contributed by atoms with Gasteiger partial charge in [0.15, 0.2) is 0 Å². The first-order chi connectivity index (χ1) is 8.58. The highest BCUT2D eigenvalue weighted by Gasteiger charge is 2.26. The molecule has 1 aromatic carbocycles. The summed E-state index contributed by atoms with van der Waals surface area (Å²) in [5.41, 5.74) is 4.09. The second-order valence-electron chi connectivity index (χ2n) is 5.76. The molecule has 1 fully saturated rings. The van der Waals surface area contributed by atoms with Crippen LogP contribution in [-0.2, 0) is 6.54 Å². The fourth-order valence-electron chi connectivity index (χ4n) is 3.06. The van der Waals surface area contributed by atoms with Crippen LogP contribution in [0.2, 0.25) is 0 Å². The molecule has 0 aliphatic carbocycles. The average Bonchev–Trinajstić information content (AvgIpc) is 2.30. The average molecular weight is 247 g/mol. The maximum atomic E-state index is 9.91. The van der Waals surface area contributed by atoms with E-state index in [9.17, 15) is 5.11 Å². The van der Waals surface area contributed by atoms with Crippen LogP contribution in [0.15, 0.2) is 18.2 Å². The number of hydrogen-bond donors (Lipinski definition) is 1. The minimum absolute atomic E-state index is 0.0921. The van der Waals surface area contributed by atoms with Gasteiger partial charge in [0.25, 0.3) is 0 Å². The van der Waals surface area contributed by atoms with Crippen molar-refractivity contribution < 1.29 is 5.11 Å². The SMILES string of the molecule is CCC1CN(Cc2cc(C)cc(C)c2)CCC1O. The standard InChI is InChI=1S/C16H25NO/c1-4-15-11-17(6-5-16(15)18)10-14-8-12(2)7-13(3)9-14/h7-9,15-16,18H,4-6,10-11H2,1-3H3. The minimum atomic E-state index is -0.0921. The van der Waals surface area contributed by atoms with Gasteiger partial charge >= 0.3 is 0 Å². The van der Waals surface area contributed by atoms with Crippen molar-refractivity contribution in [1.29, 1.82) is 0 Å². The van der Waals surface area contributed by atoms with Gasteiger partial charge in [-0.1, -0.05) is 36.2 Å². The van der Waals surface area contributed by atoms with E-state index in [1.165, 1.54) is 16.7 Å². The summed E-state index contributed by atoms with van der Waals surface area (Å²) in [5.74, 6) is 0.449. The lowest BCUT2D eigenvalue weighted by molar-refractivity contribution is 0.0222. The molecule has 18 heavy (non-hydrogen) atoms. The molecule has 1 N–H and O–H groups in total. The monoisotopic (exact) mass is 247 g/mol. The lowest BCUT2D eigenvalue weighted by atomic mass is 9.92. The molecule has 0 bridgehead atoms. The summed E-state index contributed by atoms with van der Waals surface area (Å²) < 4.78 is 0. The molecule has 2 unspecified atom stereocenters. The number of aryl methyl sites for hydroxylation is 2. The van der Waals surface area contributed by atoms with Gasteiger partial charge < -0.3 is 5.11 Å². The molecular formula is C16H25NO.